The number of rotatable bonds is 4. The van der Waals surface area contributed by atoms with Crippen molar-refractivity contribution in [1.82, 2.24) is 0 Å². The van der Waals surface area contributed by atoms with Crippen molar-refractivity contribution in [2.24, 2.45) is 0 Å². The van der Waals surface area contributed by atoms with E-state index in [9.17, 15) is 9.59 Å². The van der Waals surface area contributed by atoms with Crippen molar-refractivity contribution in [3.05, 3.63) is 34.4 Å². The van der Waals surface area contributed by atoms with Crippen LogP contribution in [0.15, 0.2) is 12.1 Å². The summed E-state index contributed by atoms with van der Waals surface area (Å²) in [5.41, 5.74) is 3.04. The molecular weight excluding hydrogens is 208 g/mol. The van der Waals surface area contributed by atoms with Gasteiger partial charge in [0.15, 0.2) is 0 Å². The number of hydrogen-bond donors (Lipinski definition) is 2. The number of aryl methyl sites for hydroxylation is 1. The van der Waals surface area contributed by atoms with Crippen LogP contribution in [0.5, 0.6) is 0 Å². The van der Waals surface area contributed by atoms with Crippen LogP contribution in [0.25, 0.3) is 0 Å². The Balaban J connectivity index is 3.20. The zero-order chi connectivity index (χ0) is 12.3. The van der Waals surface area contributed by atoms with Crippen LogP contribution in [0.3, 0.4) is 0 Å². The molecule has 0 atom stereocenters. The van der Waals surface area contributed by atoms with E-state index >= 15 is 0 Å². The van der Waals surface area contributed by atoms with Gasteiger partial charge in [0, 0.05) is 0 Å². The summed E-state index contributed by atoms with van der Waals surface area (Å²) >= 11 is 0. The zero-order valence-electron chi connectivity index (χ0n) is 9.28. The topological polar surface area (TPSA) is 74.6 Å². The van der Waals surface area contributed by atoms with E-state index in [1.165, 1.54) is 0 Å². The maximum absolute atomic E-state index is 10.7. The molecule has 1 aromatic rings. The molecule has 0 unspecified atom stereocenters. The molecule has 86 valence electrons. The van der Waals surface area contributed by atoms with Gasteiger partial charge in [-0.05, 0) is 36.1 Å². The third-order valence-electron chi connectivity index (χ3n) is 2.64. The average Bonchev–Trinajstić information content (AvgIpc) is 2.16. The fourth-order valence-electron chi connectivity index (χ4n) is 1.66. The molecule has 0 radical (unpaired) electrons. The van der Waals surface area contributed by atoms with Crippen LogP contribution in [0.4, 0.5) is 0 Å². The van der Waals surface area contributed by atoms with Gasteiger partial charge in [0.25, 0.3) is 0 Å². The summed E-state index contributed by atoms with van der Waals surface area (Å²) < 4.78 is 0. The fourth-order valence-corrected chi connectivity index (χ4v) is 1.66. The van der Waals surface area contributed by atoms with Gasteiger partial charge in [-0.2, -0.15) is 0 Å². The Morgan fingerprint density at radius 1 is 1.06 bits per heavy atom. The summed E-state index contributed by atoms with van der Waals surface area (Å²) in [7, 11) is 0. The summed E-state index contributed by atoms with van der Waals surface area (Å²) in [6.07, 6.45) is -0.264. The molecular formula is C12H14O4. The van der Waals surface area contributed by atoms with Gasteiger partial charge in [-0.15, -0.1) is 0 Å². The number of aliphatic carboxylic acids is 2. The first-order valence-electron chi connectivity index (χ1n) is 4.93. The highest BCUT2D eigenvalue weighted by Crippen LogP contribution is 2.19. The maximum Gasteiger partial charge on any atom is 0.307 e. The first-order chi connectivity index (χ1) is 7.41. The van der Waals surface area contributed by atoms with Gasteiger partial charge in [0.1, 0.15) is 0 Å². The van der Waals surface area contributed by atoms with Gasteiger partial charge in [-0.3, -0.25) is 9.59 Å². The van der Waals surface area contributed by atoms with Gasteiger partial charge < -0.3 is 10.2 Å². The smallest absolute Gasteiger partial charge is 0.307 e. The number of carbonyl (C=O) groups is 2. The van der Waals surface area contributed by atoms with Crippen LogP contribution in [0.2, 0.25) is 0 Å². The summed E-state index contributed by atoms with van der Waals surface area (Å²) in [6, 6.07) is 3.51. The van der Waals surface area contributed by atoms with Crippen LogP contribution in [0.1, 0.15) is 22.3 Å². The van der Waals surface area contributed by atoms with Crippen molar-refractivity contribution in [2.75, 3.05) is 0 Å². The second-order valence-corrected chi connectivity index (χ2v) is 3.79. The van der Waals surface area contributed by atoms with Crippen molar-refractivity contribution in [1.29, 1.82) is 0 Å². The molecule has 4 heteroatoms. The summed E-state index contributed by atoms with van der Waals surface area (Å²) in [4.78, 5) is 21.4. The number of hydrogen-bond acceptors (Lipinski definition) is 2. The Kier molecular flexibility index (Phi) is 3.66. The van der Waals surface area contributed by atoms with Gasteiger partial charge >= 0.3 is 11.9 Å². The van der Waals surface area contributed by atoms with Crippen molar-refractivity contribution in [3.63, 3.8) is 0 Å². The van der Waals surface area contributed by atoms with Crippen molar-refractivity contribution in [2.45, 2.75) is 26.7 Å². The molecule has 0 spiro atoms. The molecule has 2 N–H and O–H groups in total. The van der Waals surface area contributed by atoms with Gasteiger partial charge in [-0.1, -0.05) is 12.1 Å². The Bertz CT molecular complexity index is 435. The van der Waals surface area contributed by atoms with Crippen LogP contribution in [-0.4, -0.2) is 22.2 Å². The predicted molar refractivity (Wildman–Crippen MR) is 58.6 cm³/mol. The predicted octanol–water partition coefficient (Wildman–Crippen LogP) is 1.56. The third kappa shape index (κ3) is 2.82. The minimum atomic E-state index is -0.949. The zero-order valence-corrected chi connectivity index (χ0v) is 9.28. The van der Waals surface area contributed by atoms with E-state index in [1.807, 2.05) is 19.9 Å². The number of carboxylic acids is 2. The van der Waals surface area contributed by atoms with Crippen LogP contribution < -0.4 is 0 Å². The Labute approximate surface area is 93.5 Å². The molecule has 0 fully saturated rings. The Hall–Kier alpha value is -1.84. The largest absolute Gasteiger partial charge is 0.481 e. The molecule has 0 amide bonds. The lowest BCUT2D eigenvalue weighted by Crippen LogP contribution is -2.10. The molecule has 0 saturated heterocycles. The molecule has 1 rings (SSSR count). The molecule has 16 heavy (non-hydrogen) atoms. The first kappa shape index (κ1) is 12.2. The molecule has 0 saturated carbocycles. The molecule has 0 aliphatic carbocycles. The van der Waals surface area contributed by atoms with Crippen LogP contribution >= 0.6 is 0 Å². The molecule has 0 aliphatic rings. The van der Waals surface area contributed by atoms with E-state index in [1.54, 1.807) is 6.07 Å². The molecule has 0 aromatic heterocycles. The third-order valence-corrected chi connectivity index (χ3v) is 2.64. The Morgan fingerprint density at radius 2 is 1.62 bits per heavy atom. The standard InChI is InChI=1S/C12H14O4/c1-7-3-4-9(5-11(13)14)10(8(7)2)6-12(15)16/h3-4H,5-6H2,1-2H3,(H,13,14)(H,15,16). The van der Waals surface area contributed by atoms with Crippen molar-refractivity contribution < 1.29 is 19.8 Å². The van der Waals surface area contributed by atoms with Crippen LogP contribution in [0, 0.1) is 13.8 Å². The summed E-state index contributed by atoms with van der Waals surface area (Å²) in [5.74, 6) is -1.89. The monoisotopic (exact) mass is 222 g/mol. The average molecular weight is 222 g/mol. The highest BCUT2D eigenvalue weighted by Gasteiger charge is 2.13. The minimum absolute atomic E-state index is 0.129. The Morgan fingerprint density at radius 3 is 2.12 bits per heavy atom. The molecule has 0 aliphatic heterocycles. The van der Waals surface area contributed by atoms with Gasteiger partial charge in [0.2, 0.25) is 0 Å². The molecule has 0 bridgehead atoms. The second-order valence-electron chi connectivity index (χ2n) is 3.79. The molecule has 0 heterocycles. The maximum atomic E-state index is 10.7. The van der Waals surface area contributed by atoms with E-state index in [4.69, 9.17) is 10.2 Å². The number of carboxylic acid groups (broad SMARTS) is 2. The molecule has 1 aromatic carbocycles. The van der Waals surface area contributed by atoms with E-state index in [0.717, 1.165) is 11.1 Å². The molecule has 4 nitrogen and oxygen atoms in total. The fraction of sp³-hybridized carbons (Fsp3) is 0.333. The summed E-state index contributed by atoms with van der Waals surface area (Å²) in [6.45, 7) is 3.70. The summed E-state index contributed by atoms with van der Waals surface area (Å²) in [5, 5.41) is 17.5. The SMILES string of the molecule is Cc1ccc(CC(=O)O)c(CC(=O)O)c1C. The first-order valence-corrected chi connectivity index (χ1v) is 4.93. The number of benzene rings is 1. The lowest BCUT2D eigenvalue weighted by molar-refractivity contribution is -0.137. The second kappa shape index (κ2) is 4.79. The normalized spacial score (nSPS) is 10.1. The van der Waals surface area contributed by atoms with Gasteiger partial charge in [0.05, 0.1) is 12.8 Å². The lowest BCUT2D eigenvalue weighted by atomic mass is 9.94. The van der Waals surface area contributed by atoms with E-state index in [0.29, 0.717) is 11.1 Å². The highest BCUT2D eigenvalue weighted by molar-refractivity contribution is 5.75. The van der Waals surface area contributed by atoms with Crippen molar-refractivity contribution in [3.8, 4) is 0 Å². The van der Waals surface area contributed by atoms with E-state index in [2.05, 4.69) is 0 Å². The van der Waals surface area contributed by atoms with Crippen LogP contribution in [-0.2, 0) is 22.4 Å². The van der Waals surface area contributed by atoms with Gasteiger partial charge in [-0.25, -0.2) is 0 Å². The lowest BCUT2D eigenvalue weighted by Gasteiger charge is -2.11. The van der Waals surface area contributed by atoms with E-state index < -0.39 is 11.9 Å². The van der Waals surface area contributed by atoms with Crippen molar-refractivity contribution >= 4 is 11.9 Å². The highest BCUT2D eigenvalue weighted by atomic mass is 16.4. The van der Waals surface area contributed by atoms with E-state index in [-0.39, 0.29) is 12.8 Å². The minimum Gasteiger partial charge on any atom is -0.481 e. The quantitative estimate of drug-likeness (QED) is 0.810.